The summed E-state index contributed by atoms with van der Waals surface area (Å²) in [6, 6.07) is 1.92. The highest BCUT2D eigenvalue weighted by Gasteiger charge is 1.95. The molecule has 0 saturated carbocycles. The lowest BCUT2D eigenvalue weighted by atomic mass is 10.5. The van der Waals surface area contributed by atoms with Crippen molar-refractivity contribution in [2.24, 2.45) is 7.05 Å². The number of hydrogen-bond donors (Lipinski definition) is 0. The predicted octanol–water partition coefficient (Wildman–Crippen LogP) is 0.768. The van der Waals surface area contributed by atoms with E-state index in [1.165, 1.54) is 0 Å². The second-order valence-electron chi connectivity index (χ2n) is 2.13. The quantitative estimate of drug-likeness (QED) is 0.530. The SMILES string of the molecule is Cn1ccc2n[c]cnc21. The van der Waals surface area contributed by atoms with Gasteiger partial charge in [-0.15, -0.1) is 0 Å². The number of nitrogens with zero attached hydrogens (tertiary/aromatic N) is 3. The van der Waals surface area contributed by atoms with E-state index in [1.54, 1.807) is 6.20 Å². The summed E-state index contributed by atoms with van der Waals surface area (Å²) in [6.07, 6.45) is 6.18. The maximum Gasteiger partial charge on any atom is 0.158 e. The Morgan fingerprint density at radius 3 is 3.30 bits per heavy atom. The van der Waals surface area contributed by atoms with E-state index in [2.05, 4.69) is 16.2 Å². The molecule has 0 bridgehead atoms. The van der Waals surface area contributed by atoms with E-state index in [4.69, 9.17) is 0 Å². The molecule has 0 aliphatic rings. The summed E-state index contributed by atoms with van der Waals surface area (Å²) in [4.78, 5) is 8.08. The summed E-state index contributed by atoms with van der Waals surface area (Å²) in [7, 11) is 1.94. The lowest BCUT2D eigenvalue weighted by molar-refractivity contribution is 0.946. The van der Waals surface area contributed by atoms with Crippen molar-refractivity contribution in [1.29, 1.82) is 0 Å². The van der Waals surface area contributed by atoms with E-state index in [9.17, 15) is 0 Å². The van der Waals surface area contributed by atoms with E-state index in [0.29, 0.717) is 0 Å². The van der Waals surface area contributed by atoms with Crippen LogP contribution in [0.15, 0.2) is 18.5 Å². The standard InChI is InChI=1S/C7H6N3/c1-10-5-2-6-7(10)9-4-3-8-6/h2,4-5H,1H3. The van der Waals surface area contributed by atoms with Gasteiger partial charge in [0.1, 0.15) is 11.7 Å². The molecule has 0 aromatic carbocycles. The van der Waals surface area contributed by atoms with Gasteiger partial charge in [-0.05, 0) is 6.07 Å². The molecular formula is C7H6N3. The fourth-order valence-electron chi connectivity index (χ4n) is 0.941. The largest absolute Gasteiger partial charge is 0.334 e. The highest BCUT2D eigenvalue weighted by Crippen LogP contribution is 2.05. The van der Waals surface area contributed by atoms with Crippen LogP contribution in [-0.2, 0) is 7.05 Å². The molecule has 2 heterocycles. The lowest BCUT2D eigenvalue weighted by Crippen LogP contribution is -1.87. The molecule has 0 spiro atoms. The molecule has 0 N–H and O–H groups in total. The Labute approximate surface area is 58.3 Å². The van der Waals surface area contributed by atoms with Gasteiger partial charge in [-0.1, -0.05) is 0 Å². The second-order valence-corrected chi connectivity index (χ2v) is 2.13. The number of aryl methyl sites for hydroxylation is 1. The van der Waals surface area contributed by atoms with Gasteiger partial charge in [-0.2, -0.15) is 0 Å². The third-order valence-corrected chi connectivity index (χ3v) is 1.45. The van der Waals surface area contributed by atoms with Crippen molar-refractivity contribution >= 4 is 11.2 Å². The van der Waals surface area contributed by atoms with Crippen molar-refractivity contribution in [2.75, 3.05) is 0 Å². The Balaban J connectivity index is 2.93. The second kappa shape index (κ2) is 1.80. The van der Waals surface area contributed by atoms with Crippen molar-refractivity contribution in [3.63, 3.8) is 0 Å². The van der Waals surface area contributed by atoms with Crippen LogP contribution in [0, 0.1) is 6.20 Å². The molecule has 3 heteroatoms. The van der Waals surface area contributed by atoms with Crippen LogP contribution in [0.5, 0.6) is 0 Å². The summed E-state index contributed by atoms with van der Waals surface area (Å²) < 4.78 is 1.93. The van der Waals surface area contributed by atoms with Crippen LogP contribution in [0.1, 0.15) is 0 Å². The van der Waals surface area contributed by atoms with E-state index < -0.39 is 0 Å². The van der Waals surface area contributed by atoms with Crippen molar-refractivity contribution < 1.29 is 0 Å². The van der Waals surface area contributed by atoms with Crippen molar-refractivity contribution in [1.82, 2.24) is 14.5 Å². The molecule has 2 aromatic rings. The predicted molar refractivity (Wildman–Crippen MR) is 37.3 cm³/mol. The smallest absolute Gasteiger partial charge is 0.158 e. The molecule has 0 saturated heterocycles. The molecule has 0 atom stereocenters. The van der Waals surface area contributed by atoms with Crippen molar-refractivity contribution in [3.8, 4) is 0 Å². The van der Waals surface area contributed by atoms with E-state index in [0.717, 1.165) is 11.2 Å². The van der Waals surface area contributed by atoms with Crippen LogP contribution in [0.2, 0.25) is 0 Å². The van der Waals surface area contributed by atoms with E-state index in [-0.39, 0.29) is 0 Å². The molecule has 0 aliphatic heterocycles. The zero-order valence-electron chi connectivity index (χ0n) is 5.57. The molecule has 49 valence electrons. The Hall–Kier alpha value is -1.38. The molecule has 10 heavy (non-hydrogen) atoms. The van der Waals surface area contributed by atoms with E-state index in [1.807, 2.05) is 23.9 Å². The average Bonchev–Trinajstić information content (AvgIpc) is 2.34. The van der Waals surface area contributed by atoms with Crippen LogP contribution in [0.4, 0.5) is 0 Å². The molecule has 0 amide bonds. The summed E-state index contributed by atoms with van der Waals surface area (Å²) in [5.41, 5.74) is 1.80. The number of rotatable bonds is 0. The third-order valence-electron chi connectivity index (χ3n) is 1.45. The normalized spacial score (nSPS) is 10.5. The first kappa shape index (κ1) is 5.41. The molecule has 2 rings (SSSR count). The lowest BCUT2D eigenvalue weighted by Gasteiger charge is -1.90. The fourth-order valence-corrected chi connectivity index (χ4v) is 0.941. The number of aromatic nitrogens is 3. The maximum atomic E-state index is 4.09. The Kier molecular flexibility index (Phi) is 0.974. The zero-order valence-corrected chi connectivity index (χ0v) is 5.57. The van der Waals surface area contributed by atoms with Crippen LogP contribution in [0.3, 0.4) is 0 Å². The van der Waals surface area contributed by atoms with Crippen LogP contribution in [0.25, 0.3) is 11.2 Å². The van der Waals surface area contributed by atoms with Crippen molar-refractivity contribution in [2.45, 2.75) is 0 Å². The first-order valence-corrected chi connectivity index (χ1v) is 3.02. The molecule has 0 fully saturated rings. The minimum atomic E-state index is 0.894. The Morgan fingerprint density at radius 2 is 2.50 bits per heavy atom. The summed E-state index contributed by atoms with van der Waals surface area (Å²) in [5.74, 6) is 0. The topological polar surface area (TPSA) is 30.7 Å². The molecule has 1 radical (unpaired) electrons. The van der Waals surface area contributed by atoms with Crippen LogP contribution >= 0.6 is 0 Å². The van der Waals surface area contributed by atoms with Crippen LogP contribution < -0.4 is 0 Å². The van der Waals surface area contributed by atoms with Gasteiger partial charge in [-0.25, -0.2) is 9.97 Å². The average molecular weight is 132 g/mol. The van der Waals surface area contributed by atoms with E-state index >= 15 is 0 Å². The maximum absolute atomic E-state index is 4.09. The summed E-state index contributed by atoms with van der Waals surface area (Å²) in [6.45, 7) is 0. The first-order chi connectivity index (χ1) is 4.88. The Morgan fingerprint density at radius 1 is 1.60 bits per heavy atom. The molecule has 3 nitrogen and oxygen atoms in total. The van der Waals surface area contributed by atoms with Gasteiger partial charge in [0.25, 0.3) is 0 Å². The minimum Gasteiger partial charge on any atom is -0.334 e. The zero-order chi connectivity index (χ0) is 6.97. The number of hydrogen-bond acceptors (Lipinski definition) is 2. The highest BCUT2D eigenvalue weighted by atomic mass is 15.0. The van der Waals surface area contributed by atoms with Gasteiger partial charge < -0.3 is 4.57 Å². The van der Waals surface area contributed by atoms with Gasteiger partial charge in [0.2, 0.25) is 0 Å². The molecular weight excluding hydrogens is 126 g/mol. The first-order valence-electron chi connectivity index (χ1n) is 3.02. The Bertz CT molecular complexity index is 350. The number of fused-ring (bicyclic) bond motifs is 1. The van der Waals surface area contributed by atoms with Gasteiger partial charge in [-0.3, -0.25) is 0 Å². The van der Waals surface area contributed by atoms with Gasteiger partial charge in [0.15, 0.2) is 5.65 Å². The molecule has 2 aromatic heterocycles. The monoisotopic (exact) mass is 132 g/mol. The molecule has 0 unspecified atom stereocenters. The minimum absolute atomic E-state index is 0.894. The van der Waals surface area contributed by atoms with Gasteiger partial charge in [0, 0.05) is 13.2 Å². The summed E-state index contributed by atoms with van der Waals surface area (Å²) >= 11 is 0. The molecule has 0 aliphatic carbocycles. The van der Waals surface area contributed by atoms with Gasteiger partial charge in [0.05, 0.1) is 6.20 Å². The van der Waals surface area contributed by atoms with Crippen LogP contribution in [-0.4, -0.2) is 14.5 Å². The summed E-state index contributed by atoms with van der Waals surface area (Å²) in [5, 5.41) is 0. The fraction of sp³-hybridized carbons (Fsp3) is 0.143. The van der Waals surface area contributed by atoms with Crippen molar-refractivity contribution in [3.05, 3.63) is 24.7 Å². The highest BCUT2D eigenvalue weighted by molar-refractivity contribution is 5.70. The van der Waals surface area contributed by atoms with Gasteiger partial charge >= 0.3 is 0 Å². The third kappa shape index (κ3) is 0.603.